The molecule has 0 aliphatic heterocycles. The molecule has 0 saturated heterocycles. The van der Waals surface area contributed by atoms with E-state index >= 15 is 0 Å². The van der Waals surface area contributed by atoms with Crippen LogP contribution in [0.25, 0.3) is 0 Å². The summed E-state index contributed by atoms with van der Waals surface area (Å²) in [5.74, 6) is 0.840. The van der Waals surface area contributed by atoms with E-state index < -0.39 is 0 Å². The molecule has 102 valence electrons. The number of rotatable bonds is 6. The van der Waals surface area contributed by atoms with Crippen LogP contribution in [0.15, 0.2) is 24.5 Å². The van der Waals surface area contributed by atoms with Crippen LogP contribution in [0.4, 0.5) is 5.13 Å². The second-order valence-corrected chi connectivity index (χ2v) is 5.04. The van der Waals surface area contributed by atoms with Crippen molar-refractivity contribution in [3.8, 4) is 0 Å². The number of hydrogen-bond donors (Lipinski definition) is 0. The van der Waals surface area contributed by atoms with Crippen molar-refractivity contribution in [2.75, 3.05) is 25.7 Å². The Morgan fingerprint density at radius 1 is 1.47 bits per heavy atom. The van der Waals surface area contributed by atoms with E-state index in [-0.39, 0.29) is 6.04 Å². The van der Waals surface area contributed by atoms with Crippen molar-refractivity contribution in [3.63, 3.8) is 0 Å². The van der Waals surface area contributed by atoms with Crippen molar-refractivity contribution in [2.45, 2.75) is 19.4 Å². The third kappa shape index (κ3) is 3.48. The molecule has 2 aromatic rings. The minimum absolute atomic E-state index is 0.219. The Balaban J connectivity index is 2.06. The molecular formula is C13H18N4OS. The second-order valence-electron chi connectivity index (χ2n) is 4.31. The monoisotopic (exact) mass is 278 g/mol. The van der Waals surface area contributed by atoms with E-state index in [1.807, 2.05) is 19.3 Å². The van der Waals surface area contributed by atoms with Crippen LogP contribution in [0.3, 0.4) is 0 Å². The van der Waals surface area contributed by atoms with E-state index in [0.717, 1.165) is 17.4 Å². The van der Waals surface area contributed by atoms with Crippen LogP contribution in [0.2, 0.25) is 0 Å². The van der Waals surface area contributed by atoms with E-state index in [1.165, 1.54) is 17.1 Å². The van der Waals surface area contributed by atoms with E-state index in [2.05, 4.69) is 32.2 Å². The van der Waals surface area contributed by atoms with Crippen LogP contribution < -0.4 is 4.90 Å². The first-order valence-electron chi connectivity index (χ1n) is 6.16. The van der Waals surface area contributed by atoms with E-state index in [0.29, 0.717) is 6.61 Å². The largest absolute Gasteiger partial charge is 0.384 e. The predicted molar refractivity (Wildman–Crippen MR) is 76.5 cm³/mol. The molecule has 19 heavy (non-hydrogen) atoms. The van der Waals surface area contributed by atoms with Gasteiger partial charge in [0.2, 0.25) is 5.13 Å². The third-order valence-corrected chi connectivity index (χ3v) is 3.88. The van der Waals surface area contributed by atoms with E-state index in [1.54, 1.807) is 13.3 Å². The van der Waals surface area contributed by atoms with Crippen LogP contribution in [0, 0.1) is 0 Å². The minimum Gasteiger partial charge on any atom is -0.384 e. The number of aromatic nitrogens is 3. The zero-order chi connectivity index (χ0) is 13.7. The maximum atomic E-state index is 5.04. The summed E-state index contributed by atoms with van der Waals surface area (Å²) >= 11 is 1.42. The summed E-state index contributed by atoms with van der Waals surface area (Å²) in [7, 11) is 3.71. The Labute approximate surface area is 117 Å². The maximum absolute atomic E-state index is 5.04. The molecule has 0 saturated carbocycles. The molecule has 0 N–H and O–H groups in total. The van der Waals surface area contributed by atoms with Gasteiger partial charge in [-0.1, -0.05) is 6.07 Å². The lowest BCUT2D eigenvalue weighted by molar-refractivity contribution is 0.201. The number of pyridine rings is 1. The van der Waals surface area contributed by atoms with Crippen LogP contribution >= 0.6 is 11.5 Å². The van der Waals surface area contributed by atoms with Crippen LogP contribution in [0.1, 0.15) is 24.4 Å². The molecule has 1 atom stereocenters. The fraction of sp³-hybridized carbons (Fsp3) is 0.462. The van der Waals surface area contributed by atoms with Gasteiger partial charge in [-0.2, -0.15) is 4.37 Å². The Morgan fingerprint density at radius 2 is 2.32 bits per heavy atom. The topological polar surface area (TPSA) is 51.1 Å². The normalized spacial score (nSPS) is 12.4. The molecule has 0 amide bonds. The standard InChI is InChI=1S/C13H18N4OS/c1-10(11-5-4-7-14-9-11)17(2)13-15-12(16-19-13)6-8-18-3/h4-5,7,9-10H,6,8H2,1-3H3. The van der Waals surface area contributed by atoms with Gasteiger partial charge in [0.15, 0.2) is 0 Å². The molecule has 0 aromatic carbocycles. The van der Waals surface area contributed by atoms with Gasteiger partial charge in [-0.05, 0) is 18.6 Å². The number of nitrogens with zero attached hydrogens (tertiary/aromatic N) is 4. The van der Waals surface area contributed by atoms with Crippen LogP contribution in [0.5, 0.6) is 0 Å². The zero-order valence-electron chi connectivity index (χ0n) is 11.4. The first-order valence-corrected chi connectivity index (χ1v) is 6.94. The molecule has 2 rings (SSSR count). The Morgan fingerprint density at radius 3 is 3.00 bits per heavy atom. The molecule has 0 fully saturated rings. The van der Waals surface area contributed by atoms with Crippen molar-refractivity contribution < 1.29 is 4.74 Å². The van der Waals surface area contributed by atoms with Gasteiger partial charge >= 0.3 is 0 Å². The van der Waals surface area contributed by atoms with Gasteiger partial charge in [-0.25, -0.2) is 4.98 Å². The highest BCUT2D eigenvalue weighted by atomic mass is 32.1. The summed E-state index contributed by atoms with van der Waals surface area (Å²) in [6.45, 7) is 2.78. The average molecular weight is 278 g/mol. The lowest BCUT2D eigenvalue weighted by Gasteiger charge is -2.23. The summed E-state index contributed by atoms with van der Waals surface area (Å²) in [6, 6.07) is 4.24. The molecule has 0 aliphatic rings. The highest BCUT2D eigenvalue weighted by Crippen LogP contribution is 2.26. The van der Waals surface area contributed by atoms with Crippen molar-refractivity contribution in [1.82, 2.24) is 14.3 Å². The van der Waals surface area contributed by atoms with Gasteiger partial charge in [0.1, 0.15) is 5.82 Å². The van der Waals surface area contributed by atoms with Crippen molar-refractivity contribution in [3.05, 3.63) is 35.9 Å². The fourth-order valence-electron chi connectivity index (χ4n) is 1.70. The van der Waals surface area contributed by atoms with Gasteiger partial charge in [0, 0.05) is 44.5 Å². The molecule has 2 aromatic heterocycles. The van der Waals surface area contributed by atoms with Crippen molar-refractivity contribution >= 4 is 16.7 Å². The van der Waals surface area contributed by atoms with E-state index in [9.17, 15) is 0 Å². The molecule has 0 spiro atoms. The lowest BCUT2D eigenvalue weighted by Crippen LogP contribution is -2.21. The quantitative estimate of drug-likeness (QED) is 0.811. The predicted octanol–water partition coefficient (Wildman–Crippen LogP) is 2.32. The Kier molecular flexibility index (Phi) is 4.81. The maximum Gasteiger partial charge on any atom is 0.205 e. The number of ether oxygens (including phenoxy) is 1. The molecular weight excluding hydrogens is 260 g/mol. The molecule has 0 radical (unpaired) electrons. The lowest BCUT2D eigenvalue weighted by atomic mass is 10.1. The molecule has 2 heterocycles. The number of methoxy groups -OCH3 is 1. The molecule has 6 heteroatoms. The summed E-state index contributed by atoms with van der Waals surface area (Å²) in [4.78, 5) is 10.8. The van der Waals surface area contributed by atoms with Crippen molar-refractivity contribution in [1.29, 1.82) is 0 Å². The molecule has 1 unspecified atom stereocenters. The van der Waals surface area contributed by atoms with Crippen molar-refractivity contribution in [2.24, 2.45) is 0 Å². The fourth-order valence-corrected chi connectivity index (χ4v) is 2.45. The highest BCUT2D eigenvalue weighted by Gasteiger charge is 2.16. The van der Waals surface area contributed by atoms with Crippen LogP contribution in [-0.2, 0) is 11.2 Å². The molecule has 5 nitrogen and oxygen atoms in total. The molecule has 0 aliphatic carbocycles. The highest BCUT2D eigenvalue weighted by molar-refractivity contribution is 7.09. The third-order valence-electron chi connectivity index (χ3n) is 3.04. The SMILES string of the molecule is COCCc1nsc(N(C)C(C)c2cccnc2)n1. The van der Waals surface area contributed by atoms with Crippen LogP contribution in [-0.4, -0.2) is 35.1 Å². The summed E-state index contributed by atoms with van der Waals surface area (Å²) in [6.07, 6.45) is 4.42. The van der Waals surface area contributed by atoms with E-state index in [4.69, 9.17) is 4.74 Å². The second kappa shape index (κ2) is 6.58. The van der Waals surface area contributed by atoms with Gasteiger partial charge in [-0.15, -0.1) is 0 Å². The summed E-state index contributed by atoms with van der Waals surface area (Å²) < 4.78 is 9.38. The zero-order valence-corrected chi connectivity index (χ0v) is 12.2. The number of hydrogen-bond acceptors (Lipinski definition) is 6. The first kappa shape index (κ1) is 13.9. The Bertz CT molecular complexity index is 502. The smallest absolute Gasteiger partial charge is 0.205 e. The van der Waals surface area contributed by atoms with Gasteiger partial charge in [-0.3, -0.25) is 4.98 Å². The average Bonchev–Trinajstić information content (AvgIpc) is 2.93. The van der Waals surface area contributed by atoms with Gasteiger partial charge < -0.3 is 9.64 Å². The molecule has 0 bridgehead atoms. The Hall–Kier alpha value is -1.53. The summed E-state index contributed by atoms with van der Waals surface area (Å²) in [5, 5.41) is 0.919. The van der Waals surface area contributed by atoms with Gasteiger partial charge in [0.05, 0.1) is 12.6 Å². The van der Waals surface area contributed by atoms with Gasteiger partial charge in [0.25, 0.3) is 0 Å². The number of anilines is 1. The minimum atomic E-state index is 0.219. The summed E-state index contributed by atoms with van der Waals surface area (Å²) in [5.41, 5.74) is 1.17. The first-order chi connectivity index (χ1) is 9.22.